The number of aromatic hydroxyl groups is 1. The minimum Gasteiger partial charge on any atom is -0.506 e. The standard InChI is InChI=1S/C19H15ClO5/c20-15-9-12(6-7-16(15)22)8-14-10-18(17(23)11-21)25-19(24-14)13-4-2-1-3-5-13/h1-9,11,18-19,22H,10H2. The maximum atomic E-state index is 11.8. The number of ether oxygens (including phenoxy) is 2. The van der Waals surface area contributed by atoms with Crippen LogP contribution in [0, 0.1) is 0 Å². The molecular weight excluding hydrogens is 344 g/mol. The number of ketones is 1. The average molecular weight is 359 g/mol. The summed E-state index contributed by atoms with van der Waals surface area (Å²) in [6.07, 6.45) is 0.402. The van der Waals surface area contributed by atoms with Gasteiger partial charge >= 0.3 is 0 Å². The Hall–Kier alpha value is -2.63. The number of hydrogen-bond donors (Lipinski definition) is 1. The Labute approximate surface area is 149 Å². The molecule has 25 heavy (non-hydrogen) atoms. The zero-order chi connectivity index (χ0) is 17.8. The maximum Gasteiger partial charge on any atom is 0.226 e. The topological polar surface area (TPSA) is 72.8 Å². The van der Waals surface area contributed by atoms with Gasteiger partial charge in [0.1, 0.15) is 17.6 Å². The molecule has 1 fully saturated rings. The largest absolute Gasteiger partial charge is 0.506 e. The Morgan fingerprint density at radius 3 is 2.64 bits per heavy atom. The lowest BCUT2D eigenvalue weighted by atomic mass is 10.1. The van der Waals surface area contributed by atoms with Crippen molar-refractivity contribution in [2.75, 3.05) is 0 Å². The van der Waals surface area contributed by atoms with Gasteiger partial charge in [0.2, 0.25) is 12.1 Å². The fourth-order valence-corrected chi connectivity index (χ4v) is 2.67. The van der Waals surface area contributed by atoms with Crippen molar-refractivity contribution in [3.63, 3.8) is 0 Å². The lowest BCUT2D eigenvalue weighted by Gasteiger charge is -2.31. The van der Waals surface area contributed by atoms with E-state index in [1.165, 1.54) is 6.07 Å². The van der Waals surface area contributed by atoms with Crippen LogP contribution in [0.3, 0.4) is 0 Å². The van der Waals surface area contributed by atoms with Gasteiger partial charge in [-0.05, 0) is 23.8 Å². The summed E-state index contributed by atoms with van der Waals surface area (Å²) in [7, 11) is 0. The Bertz CT molecular complexity index is 816. The van der Waals surface area contributed by atoms with Crippen LogP contribution in [0.1, 0.15) is 23.8 Å². The lowest BCUT2D eigenvalue weighted by Crippen LogP contribution is -2.33. The summed E-state index contributed by atoms with van der Waals surface area (Å²) in [5.74, 6) is -0.172. The smallest absolute Gasteiger partial charge is 0.226 e. The Kier molecular flexibility index (Phi) is 5.16. The van der Waals surface area contributed by atoms with Gasteiger partial charge in [0.25, 0.3) is 0 Å². The Morgan fingerprint density at radius 1 is 1.20 bits per heavy atom. The number of phenolic OH excluding ortho intramolecular Hbond substituents is 1. The third-order valence-electron chi connectivity index (χ3n) is 3.74. The van der Waals surface area contributed by atoms with Crippen molar-refractivity contribution in [3.05, 3.63) is 70.4 Å². The van der Waals surface area contributed by atoms with E-state index in [1.807, 2.05) is 30.3 Å². The summed E-state index contributed by atoms with van der Waals surface area (Å²) in [6, 6.07) is 13.9. The van der Waals surface area contributed by atoms with Crippen LogP contribution >= 0.6 is 11.6 Å². The monoisotopic (exact) mass is 358 g/mol. The molecule has 0 saturated carbocycles. The van der Waals surface area contributed by atoms with Crippen LogP contribution in [0.15, 0.2) is 54.3 Å². The lowest BCUT2D eigenvalue weighted by molar-refractivity contribution is -0.191. The molecule has 2 aromatic rings. The van der Waals surface area contributed by atoms with E-state index >= 15 is 0 Å². The highest BCUT2D eigenvalue weighted by atomic mass is 35.5. The molecule has 0 aromatic heterocycles. The van der Waals surface area contributed by atoms with Crippen molar-refractivity contribution >= 4 is 29.7 Å². The number of carbonyl (C=O) groups excluding carboxylic acids is 2. The minimum atomic E-state index is -0.907. The fraction of sp³-hybridized carbons (Fsp3) is 0.158. The molecule has 6 heteroatoms. The highest BCUT2D eigenvalue weighted by Gasteiger charge is 2.32. The molecule has 0 amide bonds. The number of carbonyl (C=O) groups is 2. The maximum absolute atomic E-state index is 11.8. The van der Waals surface area contributed by atoms with Crippen LogP contribution in [0.5, 0.6) is 5.75 Å². The van der Waals surface area contributed by atoms with Crippen molar-refractivity contribution < 1.29 is 24.2 Å². The first-order chi connectivity index (χ1) is 12.1. The van der Waals surface area contributed by atoms with Crippen molar-refractivity contribution in [1.29, 1.82) is 0 Å². The third kappa shape index (κ3) is 4.07. The van der Waals surface area contributed by atoms with E-state index in [-0.39, 0.29) is 23.5 Å². The third-order valence-corrected chi connectivity index (χ3v) is 4.04. The predicted octanol–water partition coefficient (Wildman–Crippen LogP) is 3.66. The van der Waals surface area contributed by atoms with Crippen LogP contribution < -0.4 is 0 Å². The second kappa shape index (κ2) is 7.51. The number of Topliss-reactive ketones (excluding diaryl/α,β-unsaturated/α-hetero) is 1. The zero-order valence-corrected chi connectivity index (χ0v) is 13.8. The fourth-order valence-electron chi connectivity index (χ4n) is 2.49. The van der Waals surface area contributed by atoms with Crippen LogP contribution in [0.4, 0.5) is 0 Å². The number of hydrogen-bond acceptors (Lipinski definition) is 5. The summed E-state index contributed by atoms with van der Waals surface area (Å²) in [5.41, 5.74) is 1.43. The molecule has 128 valence electrons. The van der Waals surface area contributed by atoms with Crippen LogP contribution in [-0.2, 0) is 19.1 Å². The molecule has 0 spiro atoms. The first-order valence-electron chi connectivity index (χ1n) is 7.62. The van der Waals surface area contributed by atoms with Gasteiger partial charge in [-0.2, -0.15) is 0 Å². The molecule has 0 aliphatic carbocycles. The molecule has 1 N–H and O–H groups in total. The molecule has 2 unspecified atom stereocenters. The van der Waals surface area contributed by atoms with Gasteiger partial charge in [0, 0.05) is 12.0 Å². The number of aldehydes is 1. The number of phenols is 1. The molecule has 5 nitrogen and oxygen atoms in total. The van der Waals surface area contributed by atoms with Gasteiger partial charge < -0.3 is 14.6 Å². The quantitative estimate of drug-likeness (QED) is 0.667. The molecule has 1 heterocycles. The van der Waals surface area contributed by atoms with Gasteiger partial charge in [-0.25, -0.2) is 0 Å². The van der Waals surface area contributed by atoms with Gasteiger partial charge in [-0.3, -0.25) is 9.59 Å². The SMILES string of the molecule is O=CC(=O)C1CC(=Cc2ccc(O)c(Cl)c2)OC(c2ccccc2)O1. The van der Waals surface area contributed by atoms with E-state index in [1.54, 1.807) is 18.2 Å². The average Bonchev–Trinajstić information content (AvgIpc) is 2.64. The first kappa shape index (κ1) is 17.2. The van der Waals surface area contributed by atoms with Crippen LogP contribution in [0.25, 0.3) is 6.08 Å². The zero-order valence-electron chi connectivity index (χ0n) is 13.1. The molecule has 1 aliphatic rings. The summed E-state index contributed by atoms with van der Waals surface area (Å²) < 4.78 is 11.5. The van der Waals surface area contributed by atoms with Crippen molar-refractivity contribution in [2.24, 2.45) is 0 Å². The van der Waals surface area contributed by atoms with Crippen molar-refractivity contribution in [2.45, 2.75) is 18.8 Å². The second-order valence-corrected chi connectivity index (χ2v) is 5.94. The summed E-state index contributed by atoms with van der Waals surface area (Å²) in [4.78, 5) is 22.7. The van der Waals surface area contributed by atoms with E-state index in [0.717, 1.165) is 5.56 Å². The highest BCUT2D eigenvalue weighted by Crippen LogP contribution is 2.33. The van der Waals surface area contributed by atoms with E-state index in [9.17, 15) is 14.7 Å². The van der Waals surface area contributed by atoms with Crippen LogP contribution in [-0.4, -0.2) is 23.3 Å². The molecule has 0 bridgehead atoms. The van der Waals surface area contributed by atoms with Gasteiger partial charge in [0.05, 0.1) is 5.02 Å². The van der Waals surface area contributed by atoms with Gasteiger partial charge in [-0.15, -0.1) is 0 Å². The van der Waals surface area contributed by atoms with Gasteiger partial charge in [-0.1, -0.05) is 48.0 Å². The molecule has 1 saturated heterocycles. The summed E-state index contributed by atoms with van der Waals surface area (Å²) in [5, 5.41) is 9.71. The predicted molar refractivity (Wildman–Crippen MR) is 91.9 cm³/mol. The first-order valence-corrected chi connectivity index (χ1v) is 8.00. The Balaban J connectivity index is 1.91. The number of halogens is 1. The molecule has 2 atom stereocenters. The van der Waals surface area contributed by atoms with E-state index in [4.69, 9.17) is 21.1 Å². The molecular formula is C19H15ClO5. The van der Waals surface area contributed by atoms with Crippen LogP contribution in [0.2, 0.25) is 5.02 Å². The summed E-state index contributed by atoms with van der Waals surface area (Å²) >= 11 is 5.91. The van der Waals surface area contributed by atoms with E-state index < -0.39 is 18.2 Å². The second-order valence-electron chi connectivity index (χ2n) is 5.53. The van der Waals surface area contributed by atoms with Crippen molar-refractivity contribution in [3.8, 4) is 5.75 Å². The van der Waals surface area contributed by atoms with E-state index in [0.29, 0.717) is 11.3 Å². The molecule has 0 radical (unpaired) electrons. The molecule has 1 aliphatic heterocycles. The minimum absolute atomic E-state index is 0.0205. The highest BCUT2D eigenvalue weighted by molar-refractivity contribution is 6.32. The van der Waals surface area contributed by atoms with Gasteiger partial charge in [0.15, 0.2) is 6.29 Å². The molecule has 3 rings (SSSR count). The van der Waals surface area contributed by atoms with E-state index in [2.05, 4.69) is 0 Å². The summed E-state index contributed by atoms with van der Waals surface area (Å²) in [6.45, 7) is 0. The molecule has 2 aromatic carbocycles. The van der Waals surface area contributed by atoms with Crippen molar-refractivity contribution in [1.82, 2.24) is 0 Å². The Morgan fingerprint density at radius 2 is 1.96 bits per heavy atom. The normalized spacial score (nSPS) is 21.6. The number of rotatable bonds is 4. The number of benzene rings is 2.